The molecule has 112 valence electrons. The number of nitrogens with one attached hydrogen (secondary N) is 2. The maximum Gasteiger partial charge on any atom is 0.283 e. The smallest absolute Gasteiger partial charge is 0.283 e. The molecule has 1 aromatic rings. The first-order chi connectivity index (χ1) is 8.99. The van der Waals surface area contributed by atoms with Crippen LogP contribution in [0.2, 0.25) is 0 Å². The lowest BCUT2D eigenvalue weighted by Crippen LogP contribution is -2.51. The average Bonchev–Trinajstić information content (AvgIpc) is 2.74. The zero-order valence-electron chi connectivity index (χ0n) is 11.3. The summed E-state index contributed by atoms with van der Waals surface area (Å²) in [5, 5.41) is 17.0. The van der Waals surface area contributed by atoms with Crippen LogP contribution in [-0.2, 0) is 0 Å². The first-order valence-electron chi connectivity index (χ1n) is 6.28. The molecule has 1 fully saturated rings. The Kier molecular flexibility index (Phi) is 5.91. The number of aryl methyl sites for hydroxylation is 1. The van der Waals surface area contributed by atoms with E-state index >= 15 is 0 Å². The molecule has 1 aliphatic heterocycles. The number of halogens is 1. The summed E-state index contributed by atoms with van der Waals surface area (Å²) in [4.78, 5) is 23.4. The zero-order valence-corrected chi connectivity index (χ0v) is 13.0. The number of carbonyl (C=O) groups excluding carboxylic acids is 1. The van der Waals surface area contributed by atoms with Gasteiger partial charge in [0.05, 0.1) is 14.7 Å². The van der Waals surface area contributed by atoms with Gasteiger partial charge in [0.2, 0.25) is 0 Å². The lowest BCUT2D eigenvalue weighted by Gasteiger charge is -2.30. The lowest BCUT2D eigenvalue weighted by molar-refractivity contribution is -0.385. The van der Waals surface area contributed by atoms with Crippen molar-refractivity contribution in [1.82, 2.24) is 10.6 Å². The summed E-state index contributed by atoms with van der Waals surface area (Å²) >= 11 is 1.17. The van der Waals surface area contributed by atoms with Crippen LogP contribution in [-0.4, -0.2) is 29.5 Å². The van der Waals surface area contributed by atoms with E-state index in [1.54, 1.807) is 6.92 Å². The molecule has 0 spiro atoms. The van der Waals surface area contributed by atoms with Crippen LogP contribution in [0.1, 0.15) is 34.3 Å². The number of rotatable bonds is 3. The molecule has 0 bridgehead atoms. The van der Waals surface area contributed by atoms with Gasteiger partial charge in [-0.3, -0.25) is 14.9 Å². The minimum Gasteiger partial charge on any atom is -0.347 e. The molecule has 1 aliphatic rings. The summed E-state index contributed by atoms with van der Waals surface area (Å²) in [6.07, 6.45) is 1.96. The maximum atomic E-state index is 12.1. The van der Waals surface area contributed by atoms with Crippen molar-refractivity contribution in [3.05, 3.63) is 25.9 Å². The van der Waals surface area contributed by atoms with Crippen LogP contribution in [0.25, 0.3) is 0 Å². The molecule has 2 unspecified atom stereocenters. The van der Waals surface area contributed by atoms with E-state index in [-0.39, 0.29) is 36.1 Å². The van der Waals surface area contributed by atoms with E-state index in [4.69, 9.17) is 0 Å². The summed E-state index contributed by atoms with van der Waals surface area (Å²) in [5.41, 5.74) is 0.0185. The highest BCUT2D eigenvalue weighted by Crippen LogP contribution is 2.28. The standard InChI is InChI=1S/C12H17N3O3S.ClH/c1-7-9(4-3-5-13-7)14-12(16)11-6-10(15(17)18)8(2)19-11;/h6-7,9,13H,3-5H2,1-2H3,(H,14,16);1H. The molecule has 2 N–H and O–H groups in total. The highest BCUT2D eigenvalue weighted by atomic mass is 35.5. The van der Waals surface area contributed by atoms with Crippen LogP contribution >= 0.6 is 23.7 Å². The van der Waals surface area contributed by atoms with Gasteiger partial charge in [-0.2, -0.15) is 0 Å². The van der Waals surface area contributed by atoms with Gasteiger partial charge in [-0.15, -0.1) is 23.7 Å². The third kappa shape index (κ3) is 3.68. The van der Waals surface area contributed by atoms with E-state index in [0.29, 0.717) is 9.75 Å². The van der Waals surface area contributed by atoms with Crippen molar-refractivity contribution in [3.63, 3.8) is 0 Å². The number of nitro groups is 1. The monoisotopic (exact) mass is 319 g/mol. The van der Waals surface area contributed by atoms with Crippen molar-refractivity contribution < 1.29 is 9.72 Å². The summed E-state index contributed by atoms with van der Waals surface area (Å²) in [5.74, 6) is -0.221. The molecule has 2 rings (SSSR count). The van der Waals surface area contributed by atoms with Gasteiger partial charge < -0.3 is 10.6 Å². The molecule has 1 aromatic heterocycles. The van der Waals surface area contributed by atoms with Crippen molar-refractivity contribution in [2.45, 2.75) is 38.8 Å². The zero-order chi connectivity index (χ0) is 14.0. The summed E-state index contributed by atoms with van der Waals surface area (Å²) < 4.78 is 0. The first-order valence-corrected chi connectivity index (χ1v) is 7.09. The third-order valence-corrected chi connectivity index (χ3v) is 4.43. The molecular formula is C12H18ClN3O3S. The minimum absolute atomic E-state index is 0. The summed E-state index contributed by atoms with van der Waals surface area (Å²) in [6, 6.07) is 1.67. The second kappa shape index (κ2) is 7.01. The van der Waals surface area contributed by atoms with Gasteiger partial charge in [0, 0.05) is 18.2 Å². The van der Waals surface area contributed by atoms with Gasteiger partial charge in [0.15, 0.2) is 0 Å². The number of carbonyl (C=O) groups is 1. The molecule has 0 aromatic carbocycles. The Balaban J connectivity index is 0.00000200. The van der Waals surface area contributed by atoms with Crippen molar-refractivity contribution in [2.24, 2.45) is 0 Å². The third-order valence-electron chi connectivity index (χ3n) is 3.39. The second-order valence-corrected chi connectivity index (χ2v) is 6.03. The summed E-state index contributed by atoms with van der Waals surface area (Å²) in [7, 11) is 0. The Hall–Kier alpha value is -1.18. The van der Waals surface area contributed by atoms with Crippen LogP contribution in [0.3, 0.4) is 0 Å². The highest BCUT2D eigenvalue weighted by molar-refractivity contribution is 7.14. The fraction of sp³-hybridized carbons (Fsp3) is 0.583. The second-order valence-electron chi connectivity index (χ2n) is 4.77. The Labute approximate surface area is 127 Å². The molecule has 6 nitrogen and oxygen atoms in total. The van der Waals surface area contributed by atoms with E-state index in [1.807, 2.05) is 6.92 Å². The molecule has 1 saturated heterocycles. The molecular weight excluding hydrogens is 302 g/mol. The quantitative estimate of drug-likeness (QED) is 0.661. The topological polar surface area (TPSA) is 84.3 Å². The van der Waals surface area contributed by atoms with E-state index in [0.717, 1.165) is 19.4 Å². The van der Waals surface area contributed by atoms with Gasteiger partial charge in [-0.25, -0.2) is 0 Å². The number of amides is 1. The fourth-order valence-electron chi connectivity index (χ4n) is 2.25. The van der Waals surface area contributed by atoms with Gasteiger partial charge >= 0.3 is 0 Å². The van der Waals surface area contributed by atoms with E-state index in [2.05, 4.69) is 10.6 Å². The van der Waals surface area contributed by atoms with Crippen LogP contribution in [0.15, 0.2) is 6.07 Å². The van der Waals surface area contributed by atoms with Crippen LogP contribution in [0, 0.1) is 17.0 Å². The van der Waals surface area contributed by atoms with Crippen molar-refractivity contribution in [3.8, 4) is 0 Å². The van der Waals surface area contributed by atoms with Gasteiger partial charge in [-0.1, -0.05) is 0 Å². The molecule has 0 saturated carbocycles. The van der Waals surface area contributed by atoms with Crippen LogP contribution in [0.5, 0.6) is 0 Å². The van der Waals surface area contributed by atoms with Gasteiger partial charge in [-0.05, 0) is 33.2 Å². The Morgan fingerprint density at radius 1 is 1.60 bits per heavy atom. The van der Waals surface area contributed by atoms with Crippen molar-refractivity contribution in [2.75, 3.05) is 6.54 Å². The largest absolute Gasteiger partial charge is 0.347 e. The average molecular weight is 320 g/mol. The minimum atomic E-state index is -0.451. The van der Waals surface area contributed by atoms with E-state index in [1.165, 1.54) is 17.4 Å². The van der Waals surface area contributed by atoms with Crippen LogP contribution < -0.4 is 10.6 Å². The Morgan fingerprint density at radius 2 is 2.30 bits per heavy atom. The molecule has 0 aliphatic carbocycles. The Morgan fingerprint density at radius 3 is 2.85 bits per heavy atom. The van der Waals surface area contributed by atoms with Gasteiger partial charge in [0.25, 0.3) is 11.6 Å². The summed E-state index contributed by atoms with van der Waals surface area (Å²) in [6.45, 7) is 4.66. The predicted octanol–water partition coefficient (Wildman–Crippen LogP) is 2.26. The normalized spacial score (nSPS) is 21.9. The van der Waals surface area contributed by atoms with Crippen molar-refractivity contribution >= 4 is 35.3 Å². The number of hydrogen-bond acceptors (Lipinski definition) is 5. The van der Waals surface area contributed by atoms with E-state index < -0.39 is 4.92 Å². The van der Waals surface area contributed by atoms with E-state index in [9.17, 15) is 14.9 Å². The van der Waals surface area contributed by atoms with Crippen LogP contribution in [0.4, 0.5) is 5.69 Å². The molecule has 20 heavy (non-hydrogen) atoms. The number of nitrogens with zero attached hydrogens (tertiary/aromatic N) is 1. The molecule has 2 heterocycles. The Bertz CT molecular complexity index is 506. The van der Waals surface area contributed by atoms with Crippen molar-refractivity contribution in [1.29, 1.82) is 0 Å². The molecule has 1 amide bonds. The number of hydrogen-bond donors (Lipinski definition) is 2. The lowest BCUT2D eigenvalue weighted by atomic mass is 10.00. The first kappa shape index (κ1) is 16.9. The molecule has 8 heteroatoms. The number of piperidine rings is 1. The molecule has 2 atom stereocenters. The van der Waals surface area contributed by atoms with Gasteiger partial charge in [0.1, 0.15) is 0 Å². The SMILES string of the molecule is Cc1sc(C(=O)NC2CCCNC2C)cc1[N+](=O)[O-].Cl. The number of thiophene rings is 1. The predicted molar refractivity (Wildman–Crippen MR) is 80.9 cm³/mol. The highest BCUT2D eigenvalue weighted by Gasteiger charge is 2.25. The fourth-order valence-corrected chi connectivity index (χ4v) is 3.14. The maximum absolute atomic E-state index is 12.1. The molecule has 0 radical (unpaired) electrons.